The lowest BCUT2D eigenvalue weighted by atomic mass is 9.85. The molecule has 0 bridgehead atoms. The first-order chi connectivity index (χ1) is 21.5. The highest BCUT2D eigenvalue weighted by molar-refractivity contribution is 6.00. The van der Waals surface area contributed by atoms with E-state index in [1.807, 2.05) is 0 Å². The Morgan fingerprint density at radius 1 is 0.891 bits per heavy atom. The summed E-state index contributed by atoms with van der Waals surface area (Å²) in [6.07, 6.45) is -7.07. The molecule has 1 heterocycles. The molecule has 0 unspecified atom stereocenters. The molecule has 3 aromatic carbocycles. The van der Waals surface area contributed by atoms with Gasteiger partial charge in [-0.25, -0.2) is 23.2 Å². The summed E-state index contributed by atoms with van der Waals surface area (Å²) in [6.45, 7) is -0.00392. The Morgan fingerprint density at radius 3 is 1.96 bits per heavy atom. The molecular formula is C30H24F8N4O4. The van der Waals surface area contributed by atoms with Gasteiger partial charge in [0.25, 0.3) is 0 Å². The van der Waals surface area contributed by atoms with Gasteiger partial charge in [0, 0.05) is 23.2 Å². The Morgan fingerprint density at radius 2 is 1.46 bits per heavy atom. The lowest BCUT2D eigenvalue weighted by Crippen LogP contribution is -2.56. The molecule has 0 aliphatic heterocycles. The molecule has 244 valence electrons. The molecule has 4 rings (SSSR count). The van der Waals surface area contributed by atoms with Crippen molar-refractivity contribution < 1.29 is 54.6 Å². The van der Waals surface area contributed by atoms with Crippen LogP contribution in [-0.2, 0) is 29.2 Å². The van der Waals surface area contributed by atoms with Crippen LogP contribution in [0.15, 0.2) is 79.4 Å². The van der Waals surface area contributed by atoms with Crippen molar-refractivity contribution >= 4 is 11.8 Å². The van der Waals surface area contributed by atoms with E-state index in [4.69, 9.17) is 4.74 Å². The van der Waals surface area contributed by atoms with Gasteiger partial charge >= 0.3 is 18.3 Å². The predicted molar refractivity (Wildman–Crippen MR) is 144 cm³/mol. The van der Waals surface area contributed by atoms with E-state index in [1.165, 1.54) is 13.3 Å². The zero-order valence-corrected chi connectivity index (χ0v) is 23.6. The van der Waals surface area contributed by atoms with Crippen LogP contribution in [0.1, 0.15) is 44.3 Å². The van der Waals surface area contributed by atoms with Gasteiger partial charge < -0.3 is 9.84 Å². The fourth-order valence-corrected chi connectivity index (χ4v) is 4.56. The van der Waals surface area contributed by atoms with Crippen molar-refractivity contribution in [2.24, 2.45) is 0 Å². The molecule has 3 atom stereocenters. The quantitative estimate of drug-likeness (QED) is 0.124. The lowest BCUT2D eigenvalue weighted by molar-refractivity contribution is -0.138. The highest BCUT2D eigenvalue weighted by atomic mass is 19.4. The highest BCUT2D eigenvalue weighted by Crippen LogP contribution is 2.32. The number of Topliss-reactive ketones (excluding diaryl/α,β-unsaturated/α-hetero) is 1. The third-order valence-corrected chi connectivity index (χ3v) is 7.08. The summed E-state index contributed by atoms with van der Waals surface area (Å²) in [5.41, 5.74) is -5.37. The van der Waals surface area contributed by atoms with Crippen LogP contribution in [0.3, 0.4) is 0 Å². The largest absolute Gasteiger partial charge is 0.460 e. The van der Waals surface area contributed by atoms with Crippen molar-refractivity contribution in [3.05, 3.63) is 119 Å². The number of nitrogens with zero attached hydrogens (tertiary/aromatic N) is 3. The second-order valence-electron chi connectivity index (χ2n) is 10.2. The van der Waals surface area contributed by atoms with Crippen molar-refractivity contribution in [1.82, 2.24) is 20.1 Å². The Kier molecular flexibility index (Phi) is 9.91. The van der Waals surface area contributed by atoms with E-state index < -0.39 is 83.3 Å². The van der Waals surface area contributed by atoms with Gasteiger partial charge in [0.15, 0.2) is 5.78 Å². The normalized spacial score (nSPS) is 14.7. The molecule has 1 aromatic heterocycles. The molecule has 0 saturated heterocycles. The van der Waals surface area contributed by atoms with Gasteiger partial charge in [0.1, 0.15) is 42.5 Å². The van der Waals surface area contributed by atoms with Crippen LogP contribution in [0.4, 0.5) is 35.1 Å². The molecule has 0 fully saturated rings. The van der Waals surface area contributed by atoms with E-state index in [9.17, 15) is 45.4 Å². The van der Waals surface area contributed by atoms with Crippen LogP contribution in [-0.4, -0.2) is 50.3 Å². The molecule has 46 heavy (non-hydrogen) atoms. The summed E-state index contributed by atoms with van der Waals surface area (Å²) in [4.78, 5) is 30.0. The average molecular weight is 657 g/mol. The fourth-order valence-electron chi connectivity index (χ4n) is 4.56. The number of esters is 1. The Hall–Kier alpha value is -4.70. The number of nitrogens with one attached hydrogen (secondary N) is 1. The molecule has 0 saturated carbocycles. The molecule has 0 aliphatic rings. The highest BCUT2D eigenvalue weighted by Gasteiger charge is 2.41. The van der Waals surface area contributed by atoms with Gasteiger partial charge in [-0.2, -0.15) is 31.4 Å². The summed E-state index contributed by atoms with van der Waals surface area (Å²) >= 11 is 0. The molecule has 2 N–H and O–H groups in total. The van der Waals surface area contributed by atoms with Crippen molar-refractivity contribution in [3.8, 4) is 0 Å². The Labute approximate surface area is 255 Å². The van der Waals surface area contributed by atoms with Crippen molar-refractivity contribution in [3.63, 3.8) is 0 Å². The third kappa shape index (κ3) is 7.92. The van der Waals surface area contributed by atoms with Crippen molar-refractivity contribution in [2.45, 2.75) is 43.5 Å². The van der Waals surface area contributed by atoms with Crippen molar-refractivity contribution in [2.75, 3.05) is 6.61 Å². The minimum absolute atomic E-state index is 0.268. The van der Waals surface area contributed by atoms with Gasteiger partial charge in [-0.15, -0.1) is 0 Å². The van der Waals surface area contributed by atoms with E-state index in [-0.39, 0.29) is 11.1 Å². The molecular weight excluding hydrogens is 632 g/mol. The van der Waals surface area contributed by atoms with E-state index >= 15 is 4.39 Å². The number of alkyl halides is 6. The summed E-state index contributed by atoms with van der Waals surface area (Å²) in [7, 11) is 0. The number of aromatic nitrogens is 3. The molecule has 0 spiro atoms. The van der Waals surface area contributed by atoms with Gasteiger partial charge in [-0.1, -0.05) is 18.2 Å². The summed E-state index contributed by atoms with van der Waals surface area (Å²) < 4.78 is 113. The number of ketones is 1. The first-order valence-corrected chi connectivity index (χ1v) is 13.3. The van der Waals surface area contributed by atoms with Crippen LogP contribution in [0.2, 0.25) is 0 Å². The van der Waals surface area contributed by atoms with Crippen LogP contribution in [0.25, 0.3) is 0 Å². The molecule has 0 amide bonds. The summed E-state index contributed by atoms with van der Waals surface area (Å²) in [5, 5.41) is 18.4. The zero-order chi connectivity index (χ0) is 33.9. The molecule has 4 aromatic rings. The first kappa shape index (κ1) is 34.2. The van der Waals surface area contributed by atoms with Gasteiger partial charge in [0.05, 0.1) is 23.2 Å². The van der Waals surface area contributed by atoms with Gasteiger partial charge in [0.2, 0.25) is 0 Å². The maximum atomic E-state index is 15.0. The van der Waals surface area contributed by atoms with Gasteiger partial charge in [-0.3, -0.25) is 10.1 Å². The average Bonchev–Trinajstić information content (AvgIpc) is 3.50. The number of benzene rings is 3. The molecule has 0 aliphatic carbocycles. The van der Waals surface area contributed by atoms with E-state index in [0.29, 0.717) is 30.3 Å². The van der Waals surface area contributed by atoms with E-state index in [2.05, 4.69) is 15.4 Å². The minimum Gasteiger partial charge on any atom is -0.460 e. The SMILES string of the molecule is C[C@@H](N[C@H](COC(=O)c1ccc(C(F)(F)F)cc1)C(=O)c1ccc(C(F)(F)F)cc1)[C@](O)(Cn1cncn1)c1ccc(F)cc1F. The van der Waals surface area contributed by atoms with Crippen LogP contribution < -0.4 is 5.32 Å². The molecule has 8 nitrogen and oxygen atoms in total. The Bertz CT molecular complexity index is 1660. The maximum absolute atomic E-state index is 15.0. The third-order valence-electron chi connectivity index (χ3n) is 7.08. The smallest absolute Gasteiger partial charge is 0.416 e. The van der Waals surface area contributed by atoms with Crippen LogP contribution in [0.5, 0.6) is 0 Å². The number of carbonyl (C=O) groups excluding carboxylic acids is 2. The number of carbonyl (C=O) groups is 2. The molecule has 16 heteroatoms. The van der Waals surface area contributed by atoms with E-state index in [1.54, 1.807) is 0 Å². The zero-order valence-electron chi connectivity index (χ0n) is 23.6. The minimum atomic E-state index is -4.71. The number of ether oxygens (including phenoxy) is 1. The number of hydrogen-bond acceptors (Lipinski definition) is 7. The number of hydrogen-bond donors (Lipinski definition) is 2. The summed E-state index contributed by atoms with van der Waals surface area (Å²) in [5.74, 6) is -4.16. The van der Waals surface area contributed by atoms with Crippen LogP contribution >= 0.6 is 0 Å². The second-order valence-corrected chi connectivity index (χ2v) is 10.2. The number of aliphatic hydroxyl groups is 1. The monoisotopic (exact) mass is 656 g/mol. The maximum Gasteiger partial charge on any atom is 0.416 e. The standard InChI is InChI=1S/C30H24F8N4O4/c1-17(28(45,14-42-16-39-15-40-42)23-11-10-22(31)12-24(23)32)41-25(26(43)18-2-6-20(7-3-18)29(33,34)35)13-46-27(44)19-4-8-21(9-5-19)30(36,37)38/h2-12,15-17,25,41,45H,13-14H2,1H3/t17-,25-,28-/m1/s1. The van der Waals surface area contributed by atoms with Crippen molar-refractivity contribution in [1.29, 1.82) is 0 Å². The first-order valence-electron chi connectivity index (χ1n) is 13.3. The molecule has 0 radical (unpaired) electrons. The Balaban J connectivity index is 1.65. The topological polar surface area (TPSA) is 106 Å². The van der Waals surface area contributed by atoms with Crippen LogP contribution in [0, 0.1) is 11.6 Å². The predicted octanol–water partition coefficient (Wildman–Crippen LogP) is 5.57. The number of halogens is 8. The second kappa shape index (κ2) is 13.3. The lowest BCUT2D eigenvalue weighted by Gasteiger charge is -2.37. The summed E-state index contributed by atoms with van der Waals surface area (Å²) in [6, 6.07) is 5.47. The fraction of sp³-hybridized carbons (Fsp3) is 0.267. The number of rotatable bonds is 11. The van der Waals surface area contributed by atoms with Gasteiger partial charge in [-0.05, 0) is 49.4 Å². The van der Waals surface area contributed by atoms with E-state index in [0.717, 1.165) is 47.4 Å².